The van der Waals surface area contributed by atoms with Gasteiger partial charge in [-0.05, 0) is 36.8 Å². The molecule has 4 heteroatoms. The van der Waals surface area contributed by atoms with Gasteiger partial charge in [-0.25, -0.2) is 0 Å². The summed E-state index contributed by atoms with van der Waals surface area (Å²) in [5, 5.41) is 22.1. The molecular weight excluding hydrogens is 206 g/mol. The van der Waals surface area contributed by atoms with Crippen LogP contribution >= 0.6 is 0 Å². The summed E-state index contributed by atoms with van der Waals surface area (Å²) >= 11 is 0. The van der Waals surface area contributed by atoms with Crippen molar-refractivity contribution in [3.63, 3.8) is 0 Å². The molecule has 2 bridgehead atoms. The molecule has 86 valence electrons. The monoisotopic (exact) mass is 221 g/mol. The highest BCUT2D eigenvalue weighted by atomic mass is 16.3. The van der Waals surface area contributed by atoms with Gasteiger partial charge in [0.2, 0.25) is 5.91 Å². The summed E-state index contributed by atoms with van der Waals surface area (Å²) in [5.74, 6) is 0.636. The molecule has 2 aliphatic carbocycles. The van der Waals surface area contributed by atoms with Gasteiger partial charge in [0, 0.05) is 18.4 Å². The molecular formula is C12H15NO3. The number of allylic oxidation sites excluding steroid dienone is 1. The standard InChI is InChI=1S/C12H15NO3/c14-10-4-7-6-1-2-9(13-12(16)3-6)8(7)5-11(10)15/h4-9,14-15H,1-3H2,(H,13,16)/t6-,7?,8?,9-/m1/s1. The second kappa shape index (κ2) is 3.27. The first-order chi connectivity index (χ1) is 7.65. The fraction of sp³-hybridized carbons (Fsp3) is 0.583. The number of fused-ring (bicyclic) bond motifs is 3. The van der Waals surface area contributed by atoms with Crippen molar-refractivity contribution in [3.05, 3.63) is 23.7 Å². The second-order valence-electron chi connectivity index (χ2n) is 4.97. The van der Waals surface area contributed by atoms with Crippen LogP contribution in [0.25, 0.3) is 0 Å². The summed E-state index contributed by atoms with van der Waals surface area (Å²) in [4.78, 5) is 11.6. The number of carbonyl (C=O) groups excluding carboxylic acids is 1. The lowest BCUT2D eigenvalue weighted by Crippen LogP contribution is -2.42. The fourth-order valence-corrected chi connectivity index (χ4v) is 3.28. The number of amides is 1. The van der Waals surface area contributed by atoms with Gasteiger partial charge in [-0.3, -0.25) is 4.79 Å². The molecule has 0 radical (unpaired) electrons. The van der Waals surface area contributed by atoms with Crippen molar-refractivity contribution in [1.29, 1.82) is 0 Å². The molecule has 0 aromatic carbocycles. The van der Waals surface area contributed by atoms with Crippen LogP contribution in [-0.2, 0) is 4.79 Å². The minimum Gasteiger partial charge on any atom is -0.504 e. The number of hydrogen-bond acceptors (Lipinski definition) is 3. The van der Waals surface area contributed by atoms with E-state index in [-0.39, 0.29) is 35.3 Å². The zero-order valence-corrected chi connectivity index (χ0v) is 8.89. The van der Waals surface area contributed by atoms with Gasteiger partial charge in [0.25, 0.3) is 0 Å². The lowest BCUT2D eigenvalue weighted by Gasteiger charge is -2.38. The lowest BCUT2D eigenvalue weighted by atomic mass is 9.68. The molecule has 4 atom stereocenters. The van der Waals surface area contributed by atoms with Gasteiger partial charge in [-0.2, -0.15) is 0 Å². The van der Waals surface area contributed by atoms with E-state index in [1.54, 1.807) is 12.2 Å². The molecule has 4 rings (SSSR count). The van der Waals surface area contributed by atoms with Crippen LogP contribution in [0.3, 0.4) is 0 Å². The summed E-state index contributed by atoms with van der Waals surface area (Å²) in [7, 11) is 0. The van der Waals surface area contributed by atoms with Gasteiger partial charge < -0.3 is 15.5 Å². The number of hydrogen-bond donors (Lipinski definition) is 3. The van der Waals surface area contributed by atoms with Crippen molar-refractivity contribution < 1.29 is 15.0 Å². The Hall–Kier alpha value is -1.45. The average Bonchev–Trinajstić information content (AvgIpc) is 2.48. The van der Waals surface area contributed by atoms with Gasteiger partial charge in [0.1, 0.15) is 0 Å². The van der Waals surface area contributed by atoms with Crippen LogP contribution in [0.4, 0.5) is 0 Å². The SMILES string of the molecule is O=C1C[C@H]2CC[C@@H](N1)C1C=C(O)C(O)=CC12. The Balaban J connectivity index is 2.00. The van der Waals surface area contributed by atoms with E-state index >= 15 is 0 Å². The van der Waals surface area contributed by atoms with E-state index in [1.165, 1.54) is 0 Å². The van der Waals surface area contributed by atoms with Crippen molar-refractivity contribution >= 4 is 5.91 Å². The van der Waals surface area contributed by atoms with E-state index < -0.39 is 0 Å². The zero-order chi connectivity index (χ0) is 11.3. The van der Waals surface area contributed by atoms with Crippen LogP contribution in [0.2, 0.25) is 0 Å². The van der Waals surface area contributed by atoms with Gasteiger partial charge in [-0.1, -0.05) is 0 Å². The summed E-state index contributed by atoms with van der Waals surface area (Å²) < 4.78 is 0. The highest BCUT2D eigenvalue weighted by molar-refractivity contribution is 5.77. The molecule has 1 saturated carbocycles. The summed E-state index contributed by atoms with van der Waals surface area (Å²) in [5.41, 5.74) is 0. The number of aliphatic hydroxyl groups excluding tert-OH is 2. The molecule has 0 spiro atoms. The predicted molar refractivity (Wildman–Crippen MR) is 57.7 cm³/mol. The molecule has 16 heavy (non-hydrogen) atoms. The van der Waals surface area contributed by atoms with Crippen LogP contribution in [-0.4, -0.2) is 22.2 Å². The highest BCUT2D eigenvalue weighted by Crippen LogP contribution is 2.44. The van der Waals surface area contributed by atoms with E-state index in [0.717, 1.165) is 12.8 Å². The normalized spacial score (nSPS) is 41.6. The molecule has 2 aliphatic heterocycles. The fourth-order valence-electron chi connectivity index (χ4n) is 3.28. The third kappa shape index (κ3) is 1.32. The van der Waals surface area contributed by atoms with Crippen molar-refractivity contribution in [2.45, 2.75) is 25.3 Å². The van der Waals surface area contributed by atoms with Crippen molar-refractivity contribution in [2.75, 3.05) is 0 Å². The van der Waals surface area contributed by atoms with Gasteiger partial charge >= 0.3 is 0 Å². The number of carbonyl (C=O) groups is 1. The quantitative estimate of drug-likeness (QED) is 0.579. The van der Waals surface area contributed by atoms with Crippen LogP contribution in [0.5, 0.6) is 0 Å². The van der Waals surface area contributed by atoms with Crippen LogP contribution in [0, 0.1) is 17.8 Å². The maximum absolute atomic E-state index is 11.6. The predicted octanol–water partition coefficient (Wildman–Crippen LogP) is 1.41. The summed E-state index contributed by atoms with van der Waals surface area (Å²) in [6.07, 6.45) is 5.94. The first-order valence-corrected chi connectivity index (χ1v) is 5.76. The van der Waals surface area contributed by atoms with Crippen molar-refractivity contribution in [3.8, 4) is 0 Å². The highest BCUT2D eigenvalue weighted by Gasteiger charge is 2.43. The molecule has 2 heterocycles. The van der Waals surface area contributed by atoms with Crippen LogP contribution < -0.4 is 5.32 Å². The van der Waals surface area contributed by atoms with Gasteiger partial charge in [0.15, 0.2) is 11.5 Å². The number of nitrogens with one attached hydrogen (secondary N) is 1. The molecule has 0 aromatic heterocycles. The molecule has 2 unspecified atom stereocenters. The van der Waals surface area contributed by atoms with Gasteiger partial charge in [0.05, 0.1) is 0 Å². The topological polar surface area (TPSA) is 69.6 Å². The smallest absolute Gasteiger partial charge is 0.220 e. The van der Waals surface area contributed by atoms with E-state index in [0.29, 0.717) is 12.3 Å². The largest absolute Gasteiger partial charge is 0.504 e. The Bertz CT molecular complexity index is 363. The Kier molecular flexibility index (Phi) is 1.99. The molecule has 4 aliphatic rings. The molecule has 3 fully saturated rings. The van der Waals surface area contributed by atoms with E-state index in [1.807, 2.05) is 0 Å². The molecule has 3 N–H and O–H groups in total. The van der Waals surface area contributed by atoms with E-state index in [4.69, 9.17) is 0 Å². The maximum Gasteiger partial charge on any atom is 0.220 e. The van der Waals surface area contributed by atoms with E-state index in [2.05, 4.69) is 5.32 Å². The van der Waals surface area contributed by atoms with Crippen LogP contribution in [0.15, 0.2) is 23.7 Å². The third-order valence-electron chi connectivity index (χ3n) is 4.06. The lowest BCUT2D eigenvalue weighted by molar-refractivity contribution is -0.121. The first-order valence-electron chi connectivity index (χ1n) is 5.76. The number of rotatable bonds is 0. The molecule has 0 aromatic rings. The minimum atomic E-state index is -0.0527. The maximum atomic E-state index is 11.6. The Morgan fingerprint density at radius 1 is 1.12 bits per heavy atom. The van der Waals surface area contributed by atoms with Crippen LogP contribution in [0.1, 0.15) is 19.3 Å². The minimum absolute atomic E-state index is 0.0405. The Labute approximate surface area is 93.7 Å². The van der Waals surface area contributed by atoms with Gasteiger partial charge in [-0.15, -0.1) is 0 Å². The number of aliphatic hydroxyl groups is 2. The molecule has 1 amide bonds. The third-order valence-corrected chi connectivity index (χ3v) is 4.06. The van der Waals surface area contributed by atoms with Crippen molar-refractivity contribution in [2.24, 2.45) is 17.8 Å². The molecule has 2 saturated heterocycles. The summed E-state index contributed by atoms with van der Waals surface area (Å²) in [6.45, 7) is 0. The first kappa shape index (κ1) is 9.75. The molecule has 4 nitrogen and oxygen atoms in total. The zero-order valence-electron chi connectivity index (χ0n) is 8.89. The average molecular weight is 221 g/mol. The second-order valence-corrected chi connectivity index (χ2v) is 4.97. The Morgan fingerprint density at radius 3 is 2.56 bits per heavy atom. The Morgan fingerprint density at radius 2 is 1.81 bits per heavy atom. The summed E-state index contributed by atoms with van der Waals surface area (Å²) in [6, 6.07) is 0.114. The van der Waals surface area contributed by atoms with E-state index in [9.17, 15) is 15.0 Å². The van der Waals surface area contributed by atoms with Crippen molar-refractivity contribution in [1.82, 2.24) is 5.32 Å².